The molecular weight excluding hydrogens is 623 g/mol. The average molecular weight is 654 g/mol. The number of furan rings is 1. The van der Waals surface area contributed by atoms with E-state index in [9.17, 15) is 0 Å². The van der Waals surface area contributed by atoms with Crippen LogP contribution in [0.4, 0.5) is 0 Å². The molecule has 1 unspecified atom stereocenters. The molecule has 1 aliphatic heterocycles. The second kappa shape index (κ2) is 12.0. The van der Waals surface area contributed by atoms with E-state index in [4.69, 9.17) is 14.4 Å². The summed E-state index contributed by atoms with van der Waals surface area (Å²) in [5, 5.41) is 10.4. The summed E-state index contributed by atoms with van der Waals surface area (Å²) < 4.78 is 6.71. The summed E-state index contributed by atoms with van der Waals surface area (Å²) >= 11 is 0. The zero-order valence-electron chi connectivity index (χ0n) is 27.6. The Bertz CT molecular complexity index is 2830. The van der Waals surface area contributed by atoms with Gasteiger partial charge in [0, 0.05) is 27.5 Å². The van der Waals surface area contributed by atoms with Crippen molar-refractivity contribution in [2.24, 2.45) is 9.98 Å². The van der Waals surface area contributed by atoms with E-state index in [2.05, 4.69) is 163 Å². The fraction of sp³-hybridized carbons (Fsp3) is 0.0213. The van der Waals surface area contributed by atoms with Gasteiger partial charge in [-0.1, -0.05) is 146 Å². The predicted molar refractivity (Wildman–Crippen MR) is 211 cm³/mol. The van der Waals surface area contributed by atoms with Crippen molar-refractivity contribution in [1.29, 1.82) is 0 Å². The van der Waals surface area contributed by atoms with Crippen LogP contribution in [0.5, 0.6) is 0 Å². The molecule has 51 heavy (non-hydrogen) atoms. The molecule has 0 fully saturated rings. The molecule has 1 aromatic heterocycles. The smallest absolute Gasteiger partial charge is 0.160 e. The van der Waals surface area contributed by atoms with Crippen LogP contribution in [0.25, 0.3) is 65.7 Å². The number of nitrogens with zero attached hydrogens (tertiary/aromatic N) is 2. The average Bonchev–Trinajstić information content (AvgIpc) is 3.60. The van der Waals surface area contributed by atoms with Crippen molar-refractivity contribution < 1.29 is 4.42 Å². The fourth-order valence-corrected chi connectivity index (χ4v) is 7.41. The SMILES string of the molecule is c1ccc(-c2ccc3cc(C4=NC(c5ccc(-c6cccc7ccccc67)c6oc7ccccc7c56)=NC(c5ccccc5)N4)ccc3c2)cc1. The van der Waals surface area contributed by atoms with Crippen LogP contribution in [0.15, 0.2) is 190 Å². The zero-order valence-corrected chi connectivity index (χ0v) is 27.6. The third kappa shape index (κ3) is 5.08. The van der Waals surface area contributed by atoms with Crippen molar-refractivity contribution in [3.05, 3.63) is 193 Å². The van der Waals surface area contributed by atoms with Crippen LogP contribution in [0.3, 0.4) is 0 Å². The minimum Gasteiger partial charge on any atom is -0.455 e. The number of amidine groups is 2. The second-order valence-corrected chi connectivity index (χ2v) is 13.0. The van der Waals surface area contributed by atoms with Gasteiger partial charge >= 0.3 is 0 Å². The maximum Gasteiger partial charge on any atom is 0.160 e. The highest BCUT2D eigenvalue weighted by Gasteiger charge is 2.25. The highest BCUT2D eigenvalue weighted by molar-refractivity contribution is 6.24. The highest BCUT2D eigenvalue weighted by atomic mass is 16.3. The first-order valence-corrected chi connectivity index (χ1v) is 17.3. The quantitative estimate of drug-likeness (QED) is 0.201. The molecule has 8 aromatic carbocycles. The van der Waals surface area contributed by atoms with Crippen LogP contribution < -0.4 is 5.32 Å². The lowest BCUT2D eigenvalue weighted by molar-refractivity contribution is 0.669. The molecule has 4 heteroatoms. The third-order valence-electron chi connectivity index (χ3n) is 9.93. The minimum atomic E-state index is -0.323. The van der Waals surface area contributed by atoms with Gasteiger partial charge in [0.15, 0.2) is 5.84 Å². The Hall–Kier alpha value is -6.78. The number of para-hydroxylation sites is 1. The predicted octanol–water partition coefficient (Wildman–Crippen LogP) is 11.7. The van der Waals surface area contributed by atoms with E-state index in [1.807, 2.05) is 18.2 Å². The van der Waals surface area contributed by atoms with Crippen LogP contribution in [0, 0.1) is 0 Å². The maximum absolute atomic E-state index is 6.71. The van der Waals surface area contributed by atoms with E-state index in [1.54, 1.807) is 0 Å². The van der Waals surface area contributed by atoms with Crippen molar-refractivity contribution in [3.63, 3.8) is 0 Å². The number of rotatable bonds is 5. The second-order valence-electron chi connectivity index (χ2n) is 13.0. The van der Waals surface area contributed by atoms with Gasteiger partial charge in [-0.05, 0) is 74.1 Å². The van der Waals surface area contributed by atoms with Gasteiger partial charge in [0.2, 0.25) is 0 Å². The van der Waals surface area contributed by atoms with E-state index >= 15 is 0 Å². The highest BCUT2D eigenvalue weighted by Crippen LogP contribution is 2.41. The van der Waals surface area contributed by atoms with Gasteiger partial charge in [0.05, 0.1) is 0 Å². The first-order chi connectivity index (χ1) is 25.3. The van der Waals surface area contributed by atoms with Crippen LogP contribution in [0.1, 0.15) is 22.9 Å². The molecule has 2 heterocycles. The first kappa shape index (κ1) is 29.2. The summed E-state index contributed by atoms with van der Waals surface area (Å²) in [7, 11) is 0. The van der Waals surface area contributed by atoms with E-state index < -0.39 is 0 Å². The molecule has 240 valence electrons. The molecule has 0 aliphatic carbocycles. The molecule has 0 spiro atoms. The summed E-state index contributed by atoms with van der Waals surface area (Å²) in [5.74, 6) is 1.44. The fourth-order valence-electron chi connectivity index (χ4n) is 7.41. The Morgan fingerprint density at radius 1 is 0.471 bits per heavy atom. The number of hydrogen-bond acceptors (Lipinski definition) is 4. The summed E-state index contributed by atoms with van der Waals surface area (Å²) in [6.45, 7) is 0. The summed E-state index contributed by atoms with van der Waals surface area (Å²) in [6.07, 6.45) is -0.323. The monoisotopic (exact) mass is 653 g/mol. The lowest BCUT2D eigenvalue weighted by atomic mass is 9.94. The number of aliphatic imine (C=N–C) groups is 2. The normalized spacial score (nSPS) is 14.5. The lowest BCUT2D eigenvalue weighted by Gasteiger charge is -2.24. The molecule has 0 bridgehead atoms. The Labute approximate surface area is 295 Å². The number of nitrogens with one attached hydrogen (secondary N) is 1. The Morgan fingerprint density at radius 2 is 1.14 bits per heavy atom. The van der Waals surface area contributed by atoms with Crippen molar-refractivity contribution in [2.45, 2.75) is 6.17 Å². The van der Waals surface area contributed by atoms with Crippen molar-refractivity contribution >= 4 is 55.2 Å². The van der Waals surface area contributed by atoms with Crippen LogP contribution in [-0.4, -0.2) is 11.7 Å². The van der Waals surface area contributed by atoms with Crippen molar-refractivity contribution in [3.8, 4) is 22.3 Å². The zero-order chi connectivity index (χ0) is 33.7. The van der Waals surface area contributed by atoms with Crippen LogP contribution in [0.2, 0.25) is 0 Å². The molecule has 0 saturated carbocycles. The summed E-state index contributed by atoms with van der Waals surface area (Å²) in [5.41, 5.74) is 9.26. The van der Waals surface area contributed by atoms with Crippen molar-refractivity contribution in [1.82, 2.24) is 5.32 Å². The van der Waals surface area contributed by atoms with E-state index in [-0.39, 0.29) is 6.17 Å². The first-order valence-electron chi connectivity index (χ1n) is 17.3. The van der Waals surface area contributed by atoms with Gasteiger partial charge in [0.25, 0.3) is 0 Å². The van der Waals surface area contributed by atoms with Gasteiger partial charge in [-0.25, -0.2) is 9.98 Å². The van der Waals surface area contributed by atoms with E-state index in [0.717, 1.165) is 61.0 Å². The molecule has 1 N–H and O–H groups in total. The molecule has 10 rings (SSSR count). The molecule has 4 nitrogen and oxygen atoms in total. The van der Waals surface area contributed by atoms with Gasteiger partial charge < -0.3 is 9.73 Å². The van der Waals surface area contributed by atoms with Crippen LogP contribution in [-0.2, 0) is 0 Å². The topological polar surface area (TPSA) is 49.9 Å². The largest absolute Gasteiger partial charge is 0.455 e. The van der Waals surface area contributed by atoms with Gasteiger partial charge in [-0.3, -0.25) is 0 Å². The molecule has 1 atom stereocenters. The Morgan fingerprint density at radius 3 is 1.98 bits per heavy atom. The molecule has 9 aromatic rings. The van der Waals surface area contributed by atoms with Gasteiger partial charge in [0.1, 0.15) is 23.2 Å². The van der Waals surface area contributed by atoms with E-state index in [0.29, 0.717) is 5.84 Å². The number of fused-ring (bicyclic) bond motifs is 5. The Balaban J connectivity index is 1.15. The maximum atomic E-state index is 6.71. The third-order valence-corrected chi connectivity index (χ3v) is 9.93. The lowest BCUT2D eigenvalue weighted by Crippen LogP contribution is -2.33. The van der Waals surface area contributed by atoms with Crippen molar-refractivity contribution in [2.75, 3.05) is 0 Å². The molecule has 0 saturated heterocycles. The standard InChI is InChI=1S/C47H31N3O/c1-3-12-30(13-4-1)33-22-23-35-29-36(25-24-34(35)28-33)46-48-45(32-15-5-2-6-16-32)49-47(50-46)41-27-26-39(38-20-11-17-31-14-7-8-18-37(31)38)44-43(41)40-19-9-10-21-42(40)51-44/h1-29,45H,(H,48,49,50). The summed E-state index contributed by atoms with van der Waals surface area (Å²) in [4.78, 5) is 10.5. The van der Waals surface area contributed by atoms with Gasteiger partial charge in [-0.15, -0.1) is 0 Å². The minimum absolute atomic E-state index is 0.323. The number of benzene rings is 8. The van der Waals surface area contributed by atoms with E-state index in [1.165, 1.54) is 27.3 Å². The van der Waals surface area contributed by atoms with Gasteiger partial charge in [-0.2, -0.15) is 0 Å². The molecule has 0 radical (unpaired) electrons. The molecule has 0 amide bonds. The summed E-state index contributed by atoms with van der Waals surface area (Å²) in [6, 6.07) is 61.6. The molecule has 1 aliphatic rings. The number of hydrogen-bond donors (Lipinski definition) is 1. The molecular formula is C47H31N3O. The Kier molecular flexibility index (Phi) is 6.85. The van der Waals surface area contributed by atoms with Crippen LogP contribution >= 0.6 is 0 Å².